The van der Waals surface area contributed by atoms with E-state index in [-0.39, 0.29) is 6.42 Å². The molecule has 0 saturated heterocycles. The second kappa shape index (κ2) is 4.66. The Morgan fingerprint density at radius 2 is 2.58 bits per heavy atom. The molecular formula is C6H9N3O2S. The molecule has 0 aromatic carbocycles. The summed E-state index contributed by atoms with van der Waals surface area (Å²) in [6.07, 6.45) is 2.25. The molecule has 0 amide bonds. The first kappa shape index (κ1) is 8.92. The lowest BCUT2D eigenvalue weighted by Crippen LogP contribution is -2.04. The summed E-state index contributed by atoms with van der Waals surface area (Å²) >= 11 is 1.26. The number of rotatable bonds is 5. The Kier molecular flexibility index (Phi) is 3.46. The summed E-state index contributed by atoms with van der Waals surface area (Å²) in [6.45, 7) is 0.626. The van der Waals surface area contributed by atoms with Gasteiger partial charge in [-0.2, -0.15) is 4.37 Å². The molecule has 1 heterocycles. The number of anilines is 1. The van der Waals surface area contributed by atoms with Gasteiger partial charge in [0.05, 0.1) is 0 Å². The van der Waals surface area contributed by atoms with E-state index >= 15 is 0 Å². The second-order valence-electron chi connectivity index (χ2n) is 2.17. The van der Waals surface area contributed by atoms with E-state index in [1.165, 1.54) is 17.9 Å². The van der Waals surface area contributed by atoms with Crippen LogP contribution in [0.1, 0.15) is 12.8 Å². The summed E-state index contributed by atoms with van der Waals surface area (Å²) < 4.78 is 3.79. The third kappa shape index (κ3) is 3.29. The molecule has 0 saturated carbocycles. The predicted octanol–water partition coefficient (Wildman–Crippen LogP) is 0.815. The summed E-state index contributed by atoms with van der Waals surface area (Å²) in [5.74, 6) is -0.769. The van der Waals surface area contributed by atoms with Crippen molar-refractivity contribution in [2.24, 2.45) is 0 Å². The fourth-order valence-electron chi connectivity index (χ4n) is 0.686. The smallest absolute Gasteiger partial charge is 0.303 e. The molecule has 1 aromatic rings. The minimum atomic E-state index is -0.769. The third-order valence-corrected chi connectivity index (χ3v) is 1.83. The van der Waals surface area contributed by atoms with Crippen LogP contribution in [0.2, 0.25) is 0 Å². The lowest BCUT2D eigenvalue weighted by atomic mass is 10.3. The number of carboxylic acids is 1. The number of nitrogens with zero attached hydrogens (tertiary/aromatic N) is 2. The lowest BCUT2D eigenvalue weighted by molar-refractivity contribution is -0.137. The molecule has 0 spiro atoms. The molecule has 0 unspecified atom stereocenters. The van der Waals surface area contributed by atoms with Gasteiger partial charge in [-0.3, -0.25) is 4.79 Å². The molecule has 0 fully saturated rings. The Balaban J connectivity index is 2.07. The van der Waals surface area contributed by atoms with Gasteiger partial charge in [-0.25, -0.2) is 4.98 Å². The van der Waals surface area contributed by atoms with Crippen molar-refractivity contribution < 1.29 is 9.90 Å². The van der Waals surface area contributed by atoms with Crippen LogP contribution in [-0.2, 0) is 4.79 Å². The van der Waals surface area contributed by atoms with Crippen LogP contribution < -0.4 is 5.32 Å². The molecule has 0 bridgehead atoms. The number of aromatic nitrogens is 2. The number of hydrogen-bond donors (Lipinski definition) is 2. The van der Waals surface area contributed by atoms with E-state index in [1.54, 1.807) is 0 Å². The molecule has 5 nitrogen and oxygen atoms in total. The Morgan fingerprint density at radius 3 is 3.17 bits per heavy atom. The molecule has 1 rings (SSSR count). The van der Waals surface area contributed by atoms with Crippen LogP contribution >= 0.6 is 11.5 Å². The van der Waals surface area contributed by atoms with Crippen LogP contribution in [0.25, 0.3) is 0 Å². The van der Waals surface area contributed by atoms with Crippen LogP contribution in [0.4, 0.5) is 5.13 Å². The van der Waals surface area contributed by atoms with Gasteiger partial charge in [0, 0.05) is 24.5 Å². The largest absolute Gasteiger partial charge is 0.481 e. The highest BCUT2D eigenvalue weighted by atomic mass is 32.1. The Labute approximate surface area is 73.6 Å². The van der Waals surface area contributed by atoms with Crippen molar-refractivity contribution in [2.75, 3.05) is 11.9 Å². The first-order chi connectivity index (χ1) is 5.79. The highest BCUT2D eigenvalue weighted by Crippen LogP contribution is 2.06. The van der Waals surface area contributed by atoms with E-state index < -0.39 is 5.97 Å². The van der Waals surface area contributed by atoms with Crippen LogP contribution in [0.5, 0.6) is 0 Å². The van der Waals surface area contributed by atoms with Crippen molar-refractivity contribution in [1.82, 2.24) is 9.36 Å². The SMILES string of the molecule is O=C(O)CCCNc1ncns1. The van der Waals surface area contributed by atoms with Gasteiger partial charge in [-0.15, -0.1) is 0 Å². The van der Waals surface area contributed by atoms with E-state index in [4.69, 9.17) is 5.11 Å². The van der Waals surface area contributed by atoms with Crippen molar-refractivity contribution in [3.8, 4) is 0 Å². The zero-order chi connectivity index (χ0) is 8.81. The summed E-state index contributed by atoms with van der Waals surface area (Å²) in [5, 5.41) is 12.0. The number of nitrogens with one attached hydrogen (secondary N) is 1. The maximum Gasteiger partial charge on any atom is 0.303 e. The molecule has 66 valence electrons. The maximum absolute atomic E-state index is 10.1. The lowest BCUT2D eigenvalue weighted by Gasteiger charge is -1.98. The molecule has 0 aliphatic carbocycles. The molecule has 0 aliphatic rings. The fourth-order valence-corrected chi connectivity index (χ4v) is 1.14. The Bertz CT molecular complexity index is 237. The van der Waals surface area contributed by atoms with Crippen molar-refractivity contribution in [3.63, 3.8) is 0 Å². The minimum Gasteiger partial charge on any atom is -0.481 e. The summed E-state index contributed by atoms with van der Waals surface area (Å²) in [4.78, 5) is 14.0. The van der Waals surface area contributed by atoms with Crippen molar-refractivity contribution in [1.29, 1.82) is 0 Å². The normalized spacial score (nSPS) is 9.67. The highest BCUT2D eigenvalue weighted by Gasteiger charge is 1.97. The average molecular weight is 187 g/mol. The molecule has 6 heteroatoms. The van der Waals surface area contributed by atoms with Gasteiger partial charge in [-0.1, -0.05) is 0 Å². The number of carbonyl (C=O) groups is 1. The van der Waals surface area contributed by atoms with Crippen LogP contribution in [0, 0.1) is 0 Å². The standard InChI is InChI=1S/C6H9N3O2S/c10-5(11)2-1-3-7-6-8-4-9-12-6/h4H,1-3H2,(H,10,11)(H,7,8,9). The molecule has 0 aliphatic heterocycles. The van der Waals surface area contributed by atoms with Gasteiger partial charge < -0.3 is 10.4 Å². The van der Waals surface area contributed by atoms with Crippen molar-refractivity contribution in [2.45, 2.75) is 12.8 Å². The molecule has 1 aromatic heterocycles. The Morgan fingerprint density at radius 1 is 1.75 bits per heavy atom. The second-order valence-corrected chi connectivity index (χ2v) is 2.95. The number of carboxylic acid groups (broad SMARTS) is 1. The molecule has 0 radical (unpaired) electrons. The maximum atomic E-state index is 10.1. The fraction of sp³-hybridized carbons (Fsp3) is 0.500. The van der Waals surface area contributed by atoms with Gasteiger partial charge in [0.25, 0.3) is 0 Å². The van der Waals surface area contributed by atoms with Crippen LogP contribution in [-0.4, -0.2) is 27.0 Å². The number of hydrogen-bond acceptors (Lipinski definition) is 5. The van der Waals surface area contributed by atoms with Crippen molar-refractivity contribution in [3.05, 3.63) is 6.33 Å². The molecule has 12 heavy (non-hydrogen) atoms. The van der Waals surface area contributed by atoms with Gasteiger partial charge >= 0.3 is 5.97 Å². The first-order valence-corrected chi connectivity index (χ1v) is 4.28. The molecule has 0 atom stereocenters. The zero-order valence-electron chi connectivity index (χ0n) is 6.36. The summed E-state index contributed by atoms with van der Waals surface area (Å²) in [7, 11) is 0. The van der Waals surface area contributed by atoms with Gasteiger partial charge in [0.1, 0.15) is 6.33 Å². The monoisotopic (exact) mass is 187 g/mol. The molecular weight excluding hydrogens is 178 g/mol. The Hall–Kier alpha value is -1.17. The minimum absolute atomic E-state index is 0.186. The van der Waals surface area contributed by atoms with E-state index in [9.17, 15) is 4.79 Å². The third-order valence-electron chi connectivity index (χ3n) is 1.20. The van der Waals surface area contributed by atoms with E-state index in [0.29, 0.717) is 13.0 Å². The van der Waals surface area contributed by atoms with Crippen LogP contribution in [0.15, 0.2) is 6.33 Å². The topological polar surface area (TPSA) is 75.1 Å². The van der Waals surface area contributed by atoms with E-state index in [1.807, 2.05) is 0 Å². The van der Waals surface area contributed by atoms with Gasteiger partial charge in [0.2, 0.25) is 5.13 Å². The summed E-state index contributed by atoms with van der Waals surface area (Å²) in [6, 6.07) is 0. The molecule has 2 N–H and O–H groups in total. The predicted molar refractivity (Wildman–Crippen MR) is 45.3 cm³/mol. The highest BCUT2D eigenvalue weighted by molar-refractivity contribution is 7.09. The van der Waals surface area contributed by atoms with Gasteiger partial charge in [0.15, 0.2) is 0 Å². The number of aliphatic carboxylic acids is 1. The van der Waals surface area contributed by atoms with E-state index in [2.05, 4.69) is 14.7 Å². The van der Waals surface area contributed by atoms with Crippen LogP contribution in [0.3, 0.4) is 0 Å². The average Bonchev–Trinajstić information content (AvgIpc) is 2.49. The van der Waals surface area contributed by atoms with Gasteiger partial charge in [-0.05, 0) is 6.42 Å². The zero-order valence-corrected chi connectivity index (χ0v) is 7.17. The summed E-state index contributed by atoms with van der Waals surface area (Å²) in [5.41, 5.74) is 0. The van der Waals surface area contributed by atoms with E-state index in [0.717, 1.165) is 5.13 Å². The quantitative estimate of drug-likeness (QED) is 0.667. The van der Waals surface area contributed by atoms with Crippen molar-refractivity contribution >= 4 is 22.6 Å². The first-order valence-electron chi connectivity index (χ1n) is 3.51.